The van der Waals surface area contributed by atoms with Crippen molar-refractivity contribution in [1.29, 1.82) is 0 Å². The quantitative estimate of drug-likeness (QED) is 0.517. The van der Waals surface area contributed by atoms with E-state index in [9.17, 15) is 0 Å². The lowest BCUT2D eigenvalue weighted by molar-refractivity contribution is 0.787. The van der Waals surface area contributed by atoms with Crippen LogP contribution in [-0.2, 0) is 0 Å². The molecule has 0 nitrogen and oxygen atoms in total. The minimum absolute atomic E-state index is 0.963. The maximum Gasteiger partial charge on any atom is -0.0171 e. The van der Waals surface area contributed by atoms with Gasteiger partial charge in [-0.2, -0.15) is 0 Å². The maximum absolute atomic E-state index is 2.35. The van der Waals surface area contributed by atoms with Gasteiger partial charge in [-0.3, -0.25) is 0 Å². The van der Waals surface area contributed by atoms with Crippen LogP contribution in [0.25, 0.3) is 0 Å². The van der Waals surface area contributed by atoms with Gasteiger partial charge in [-0.1, -0.05) is 30.7 Å². The zero-order valence-electron chi connectivity index (χ0n) is 6.51. The van der Waals surface area contributed by atoms with Gasteiger partial charge >= 0.3 is 0 Å². The summed E-state index contributed by atoms with van der Waals surface area (Å²) in [6.45, 7) is 2.35. The Kier molecular flexibility index (Phi) is 1.40. The zero-order valence-corrected chi connectivity index (χ0v) is 6.51. The number of rotatable bonds is 1. The van der Waals surface area contributed by atoms with Crippen LogP contribution in [0.2, 0.25) is 0 Å². The van der Waals surface area contributed by atoms with Crippen LogP contribution >= 0.6 is 0 Å². The highest BCUT2D eigenvalue weighted by molar-refractivity contribution is 5.24. The molecule has 2 rings (SSSR count). The minimum Gasteiger partial charge on any atom is -0.0842 e. The van der Waals surface area contributed by atoms with Crippen molar-refractivity contribution in [1.82, 2.24) is 0 Å². The molecule has 10 heavy (non-hydrogen) atoms. The Bertz CT molecular complexity index is 186. The van der Waals surface area contributed by atoms with Crippen molar-refractivity contribution in [3.63, 3.8) is 0 Å². The van der Waals surface area contributed by atoms with Crippen molar-refractivity contribution in [2.75, 3.05) is 0 Å². The highest BCUT2D eigenvalue weighted by Crippen LogP contribution is 2.45. The van der Waals surface area contributed by atoms with Gasteiger partial charge in [-0.15, -0.1) is 0 Å². The van der Waals surface area contributed by atoms with Gasteiger partial charge in [0.1, 0.15) is 0 Å². The van der Waals surface area contributed by atoms with Crippen molar-refractivity contribution < 1.29 is 0 Å². The molecule has 0 N–H and O–H groups in total. The molecule has 1 fully saturated rings. The van der Waals surface area contributed by atoms with E-state index in [1.54, 1.807) is 5.57 Å². The summed E-state index contributed by atoms with van der Waals surface area (Å²) in [7, 11) is 0. The Hall–Kier alpha value is -0.520. The van der Waals surface area contributed by atoms with Crippen LogP contribution in [0.4, 0.5) is 0 Å². The summed E-state index contributed by atoms with van der Waals surface area (Å²) in [5.74, 6) is 1.95. The van der Waals surface area contributed by atoms with Gasteiger partial charge in [0, 0.05) is 0 Å². The molecular formula is C10H14. The van der Waals surface area contributed by atoms with Crippen LogP contribution in [-0.4, -0.2) is 0 Å². The lowest BCUT2D eigenvalue weighted by atomic mass is 10.00. The third-order valence-corrected chi connectivity index (χ3v) is 2.63. The third-order valence-electron chi connectivity index (χ3n) is 2.63. The van der Waals surface area contributed by atoms with E-state index in [4.69, 9.17) is 0 Å². The predicted molar refractivity (Wildman–Crippen MR) is 43.7 cm³/mol. The molecule has 0 aliphatic heterocycles. The molecule has 0 saturated heterocycles. The van der Waals surface area contributed by atoms with Crippen molar-refractivity contribution in [2.24, 2.45) is 11.8 Å². The van der Waals surface area contributed by atoms with Gasteiger partial charge in [-0.05, 0) is 31.1 Å². The smallest absolute Gasteiger partial charge is 0.0171 e. The maximum atomic E-state index is 2.35. The number of hydrogen-bond acceptors (Lipinski definition) is 0. The Labute approximate surface area is 62.6 Å². The van der Waals surface area contributed by atoms with Crippen LogP contribution in [0.1, 0.15) is 26.2 Å². The Morgan fingerprint density at radius 2 is 2.30 bits per heavy atom. The monoisotopic (exact) mass is 134 g/mol. The van der Waals surface area contributed by atoms with E-state index in [1.807, 2.05) is 0 Å². The molecule has 0 aromatic rings. The molecule has 2 aliphatic carbocycles. The van der Waals surface area contributed by atoms with Crippen molar-refractivity contribution >= 4 is 0 Å². The third kappa shape index (κ3) is 1.03. The van der Waals surface area contributed by atoms with E-state index in [0.29, 0.717) is 0 Å². The molecule has 2 aliphatic rings. The first-order valence-electron chi connectivity index (χ1n) is 4.23. The number of allylic oxidation sites excluding steroid dienone is 4. The first-order valence-corrected chi connectivity index (χ1v) is 4.23. The molecule has 2 atom stereocenters. The van der Waals surface area contributed by atoms with Crippen LogP contribution in [0.3, 0.4) is 0 Å². The van der Waals surface area contributed by atoms with Crippen molar-refractivity contribution in [3.05, 3.63) is 23.8 Å². The zero-order chi connectivity index (χ0) is 6.97. The summed E-state index contributed by atoms with van der Waals surface area (Å²) in [4.78, 5) is 0. The van der Waals surface area contributed by atoms with E-state index < -0.39 is 0 Å². The van der Waals surface area contributed by atoms with E-state index in [0.717, 1.165) is 11.8 Å². The second kappa shape index (κ2) is 2.26. The summed E-state index contributed by atoms with van der Waals surface area (Å²) in [6.07, 6.45) is 10.8. The summed E-state index contributed by atoms with van der Waals surface area (Å²) in [5.41, 5.74) is 1.70. The summed E-state index contributed by atoms with van der Waals surface area (Å²) < 4.78 is 0. The first-order chi connectivity index (χ1) is 4.88. The second-order valence-corrected chi connectivity index (χ2v) is 3.53. The average molecular weight is 134 g/mol. The molecule has 0 bridgehead atoms. The fourth-order valence-electron chi connectivity index (χ4n) is 1.77. The molecule has 1 saturated carbocycles. The lowest BCUT2D eigenvalue weighted by Crippen LogP contribution is -1.90. The summed E-state index contributed by atoms with van der Waals surface area (Å²) >= 11 is 0. The van der Waals surface area contributed by atoms with Gasteiger partial charge in [0.05, 0.1) is 0 Å². The second-order valence-electron chi connectivity index (χ2n) is 3.53. The molecule has 0 heterocycles. The molecule has 0 radical (unpaired) electrons. The Morgan fingerprint density at radius 3 is 2.80 bits per heavy atom. The molecular weight excluding hydrogens is 120 g/mol. The summed E-state index contributed by atoms with van der Waals surface area (Å²) in [5, 5.41) is 0. The number of hydrogen-bond donors (Lipinski definition) is 0. The Morgan fingerprint density at radius 1 is 1.50 bits per heavy atom. The topological polar surface area (TPSA) is 0 Å². The van der Waals surface area contributed by atoms with Crippen LogP contribution in [0.15, 0.2) is 23.8 Å². The van der Waals surface area contributed by atoms with Crippen LogP contribution < -0.4 is 0 Å². The normalized spacial score (nSPS) is 37.5. The lowest BCUT2D eigenvalue weighted by Gasteiger charge is -2.06. The van der Waals surface area contributed by atoms with Gasteiger partial charge in [0.25, 0.3) is 0 Å². The average Bonchev–Trinajstić information content (AvgIpc) is 2.69. The van der Waals surface area contributed by atoms with E-state index >= 15 is 0 Å². The van der Waals surface area contributed by atoms with Gasteiger partial charge in [0.15, 0.2) is 0 Å². The molecule has 54 valence electrons. The first kappa shape index (κ1) is 6.21. The molecule has 0 heteroatoms. The van der Waals surface area contributed by atoms with Gasteiger partial charge in [0.2, 0.25) is 0 Å². The minimum atomic E-state index is 0.963. The highest BCUT2D eigenvalue weighted by atomic mass is 14.4. The SMILES string of the molecule is CC1CC1C1=CC=CCC1. The van der Waals surface area contributed by atoms with E-state index in [1.165, 1.54) is 19.3 Å². The van der Waals surface area contributed by atoms with Crippen LogP contribution in [0, 0.1) is 11.8 Å². The van der Waals surface area contributed by atoms with Gasteiger partial charge < -0.3 is 0 Å². The molecule has 0 spiro atoms. The molecule has 0 aromatic carbocycles. The molecule has 0 aromatic heterocycles. The van der Waals surface area contributed by atoms with Gasteiger partial charge in [-0.25, -0.2) is 0 Å². The fourth-order valence-corrected chi connectivity index (χ4v) is 1.77. The molecule has 0 amide bonds. The summed E-state index contributed by atoms with van der Waals surface area (Å²) in [6, 6.07) is 0. The fraction of sp³-hybridized carbons (Fsp3) is 0.600. The van der Waals surface area contributed by atoms with E-state index in [-0.39, 0.29) is 0 Å². The Balaban J connectivity index is 2.04. The van der Waals surface area contributed by atoms with Crippen LogP contribution in [0.5, 0.6) is 0 Å². The van der Waals surface area contributed by atoms with Crippen molar-refractivity contribution in [3.8, 4) is 0 Å². The predicted octanol–water partition coefficient (Wildman–Crippen LogP) is 2.92. The standard InChI is InChI=1S/C10H14/c1-8-7-10(8)9-5-3-2-4-6-9/h2-3,5,8,10H,4,6-7H2,1H3. The highest BCUT2D eigenvalue weighted by Gasteiger charge is 2.34. The largest absolute Gasteiger partial charge is 0.0842 e. The molecule has 2 unspecified atom stereocenters. The van der Waals surface area contributed by atoms with E-state index in [2.05, 4.69) is 25.2 Å². The van der Waals surface area contributed by atoms with Crippen molar-refractivity contribution in [2.45, 2.75) is 26.2 Å².